The van der Waals surface area contributed by atoms with Crippen molar-refractivity contribution in [3.8, 4) is 5.75 Å². The van der Waals surface area contributed by atoms with Crippen LogP contribution >= 0.6 is 0 Å². The molecule has 0 aromatic heterocycles. The lowest BCUT2D eigenvalue weighted by Gasteiger charge is -2.19. The molecule has 1 atom stereocenters. The van der Waals surface area contributed by atoms with Gasteiger partial charge in [-0.05, 0) is 36.6 Å². The molecule has 3 nitrogen and oxygen atoms in total. The molecule has 0 saturated heterocycles. The maximum absolute atomic E-state index is 12.9. The minimum absolute atomic E-state index is 0.0275. The van der Waals surface area contributed by atoms with Crippen molar-refractivity contribution in [2.75, 3.05) is 0 Å². The molecule has 138 valence electrons. The summed E-state index contributed by atoms with van der Waals surface area (Å²) in [6, 6.07) is 25.6. The largest absolute Gasteiger partial charge is 0.488 e. The zero-order valence-corrected chi connectivity index (χ0v) is 15.8. The van der Waals surface area contributed by atoms with Gasteiger partial charge in [0.25, 0.3) is 5.91 Å². The second-order valence-corrected chi connectivity index (χ2v) is 6.62. The fourth-order valence-electron chi connectivity index (χ4n) is 2.97. The monoisotopic (exact) mass is 359 g/mol. The van der Waals surface area contributed by atoms with Crippen molar-refractivity contribution in [2.24, 2.45) is 0 Å². The van der Waals surface area contributed by atoms with E-state index < -0.39 is 0 Å². The summed E-state index contributed by atoms with van der Waals surface area (Å²) in [5.41, 5.74) is 3.94. The molecule has 0 aliphatic rings. The molecule has 1 N–H and O–H groups in total. The maximum Gasteiger partial charge on any atom is 0.255 e. The van der Waals surface area contributed by atoms with Gasteiger partial charge < -0.3 is 10.1 Å². The Labute approximate surface area is 161 Å². The van der Waals surface area contributed by atoms with Gasteiger partial charge in [-0.1, -0.05) is 79.2 Å². The van der Waals surface area contributed by atoms with Crippen molar-refractivity contribution in [3.63, 3.8) is 0 Å². The van der Waals surface area contributed by atoms with E-state index in [1.54, 1.807) is 6.07 Å². The SMILES string of the molecule is CC[C@H](NC(=O)c1ccccc1OCc1ccccc1)c1ccc(C)cc1. The minimum Gasteiger partial charge on any atom is -0.488 e. The van der Waals surface area contributed by atoms with Gasteiger partial charge in [0.1, 0.15) is 12.4 Å². The Morgan fingerprint density at radius 3 is 2.30 bits per heavy atom. The Balaban J connectivity index is 1.73. The summed E-state index contributed by atoms with van der Waals surface area (Å²) in [6.07, 6.45) is 0.821. The summed E-state index contributed by atoms with van der Waals surface area (Å²) in [4.78, 5) is 12.9. The predicted octanol–water partition coefficient (Wildman–Crippen LogP) is 5.46. The lowest BCUT2D eigenvalue weighted by Crippen LogP contribution is -2.28. The summed E-state index contributed by atoms with van der Waals surface area (Å²) in [6.45, 7) is 4.56. The van der Waals surface area contributed by atoms with Crippen LogP contribution in [0.15, 0.2) is 78.9 Å². The zero-order valence-electron chi connectivity index (χ0n) is 15.8. The number of para-hydroxylation sites is 1. The highest BCUT2D eigenvalue weighted by Crippen LogP contribution is 2.22. The highest BCUT2D eigenvalue weighted by molar-refractivity contribution is 5.97. The van der Waals surface area contributed by atoms with E-state index in [2.05, 4.69) is 43.4 Å². The standard InChI is InChI=1S/C24H25NO2/c1-3-22(20-15-13-18(2)14-16-20)25-24(26)21-11-7-8-12-23(21)27-17-19-9-5-4-6-10-19/h4-16,22H,3,17H2,1-2H3,(H,25,26)/t22-/m0/s1. The summed E-state index contributed by atoms with van der Waals surface area (Å²) >= 11 is 0. The molecule has 0 unspecified atom stereocenters. The quantitative estimate of drug-likeness (QED) is 0.609. The molecule has 27 heavy (non-hydrogen) atoms. The van der Waals surface area contributed by atoms with Gasteiger partial charge in [0.2, 0.25) is 0 Å². The number of nitrogens with one attached hydrogen (secondary N) is 1. The van der Waals surface area contributed by atoms with Crippen molar-refractivity contribution >= 4 is 5.91 Å². The lowest BCUT2D eigenvalue weighted by molar-refractivity contribution is 0.0931. The van der Waals surface area contributed by atoms with Crippen LogP contribution in [0.25, 0.3) is 0 Å². The molecule has 0 saturated carbocycles. The van der Waals surface area contributed by atoms with Crippen LogP contribution in [-0.2, 0) is 6.61 Å². The first-order valence-corrected chi connectivity index (χ1v) is 9.30. The molecule has 0 bridgehead atoms. The van der Waals surface area contributed by atoms with E-state index in [1.165, 1.54) is 5.56 Å². The Hall–Kier alpha value is -3.07. The molecule has 0 aliphatic carbocycles. The molecule has 3 aromatic rings. The topological polar surface area (TPSA) is 38.3 Å². The molecule has 0 aliphatic heterocycles. The van der Waals surface area contributed by atoms with E-state index in [4.69, 9.17) is 4.74 Å². The molecule has 0 heterocycles. The van der Waals surface area contributed by atoms with Crippen molar-refractivity contribution in [1.29, 1.82) is 0 Å². The van der Waals surface area contributed by atoms with Gasteiger partial charge in [-0.3, -0.25) is 4.79 Å². The lowest BCUT2D eigenvalue weighted by atomic mass is 10.0. The van der Waals surface area contributed by atoms with E-state index >= 15 is 0 Å². The molecule has 1 amide bonds. The number of ether oxygens (including phenoxy) is 1. The third-order valence-electron chi connectivity index (χ3n) is 4.56. The number of carbonyl (C=O) groups is 1. The Morgan fingerprint density at radius 2 is 1.59 bits per heavy atom. The molecular formula is C24H25NO2. The number of rotatable bonds is 7. The number of aryl methyl sites for hydroxylation is 1. The van der Waals surface area contributed by atoms with Crippen LogP contribution in [0.4, 0.5) is 0 Å². The van der Waals surface area contributed by atoms with Crippen molar-refractivity contribution in [2.45, 2.75) is 32.9 Å². The maximum atomic E-state index is 12.9. The third kappa shape index (κ3) is 4.98. The number of hydrogen-bond donors (Lipinski definition) is 1. The summed E-state index contributed by atoms with van der Waals surface area (Å²) in [5.74, 6) is 0.476. The number of carbonyl (C=O) groups excluding carboxylic acids is 1. The first-order valence-electron chi connectivity index (χ1n) is 9.30. The smallest absolute Gasteiger partial charge is 0.255 e. The second kappa shape index (κ2) is 9.04. The van der Waals surface area contributed by atoms with Gasteiger partial charge in [-0.15, -0.1) is 0 Å². The van der Waals surface area contributed by atoms with Gasteiger partial charge in [-0.25, -0.2) is 0 Å². The van der Waals surface area contributed by atoms with Crippen LogP contribution in [0.3, 0.4) is 0 Å². The van der Waals surface area contributed by atoms with E-state index in [-0.39, 0.29) is 11.9 Å². The van der Waals surface area contributed by atoms with Crippen LogP contribution in [0.5, 0.6) is 5.75 Å². The molecule has 0 fully saturated rings. The zero-order chi connectivity index (χ0) is 19.1. The second-order valence-electron chi connectivity index (χ2n) is 6.62. The third-order valence-corrected chi connectivity index (χ3v) is 4.56. The molecule has 0 spiro atoms. The summed E-state index contributed by atoms with van der Waals surface area (Å²) in [5, 5.41) is 3.14. The van der Waals surface area contributed by atoms with Crippen molar-refractivity contribution in [3.05, 3.63) is 101 Å². The van der Waals surface area contributed by atoms with Crippen LogP contribution < -0.4 is 10.1 Å². The van der Waals surface area contributed by atoms with Crippen LogP contribution in [-0.4, -0.2) is 5.91 Å². The van der Waals surface area contributed by atoms with Gasteiger partial charge >= 0.3 is 0 Å². The van der Waals surface area contributed by atoms with Crippen molar-refractivity contribution < 1.29 is 9.53 Å². The Bertz CT molecular complexity index is 872. The van der Waals surface area contributed by atoms with Crippen LogP contribution in [0.2, 0.25) is 0 Å². The number of hydrogen-bond acceptors (Lipinski definition) is 2. The average molecular weight is 359 g/mol. The van der Waals surface area contributed by atoms with E-state index in [0.717, 1.165) is 17.5 Å². The van der Waals surface area contributed by atoms with Gasteiger partial charge in [-0.2, -0.15) is 0 Å². The van der Waals surface area contributed by atoms with Gasteiger partial charge in [0.05, 0.1) is 11.6 Å². The number of amides is 1. The fraction of sp³-hybridized carbons (Fsp3) is 0.208. The predicted molar refractivity (Wildman–Crippen MR) is 109 cm³/mol. The van der Waals surface area contributed by atoms with Crippen molar-refractivity contribution in [1.82, 2.24) is 5.32 Å². The molecule has 3 heteroatoms. The normalized spacial score (nSPS) is 11.6. The van der Waals surface area contributed by atoms with E-state index in [9.17, 15) is 4.79 Å². The first kappa shape index (κ1) is 18.7. The summed E-state index contributed by atoms with van der Waals surface area (Å²) in [7, 11) is 0. The molecular weight excluding hydrogens is 334 g/mol. The first-order chi connectivity index (χ1) is 13.2. The van der Waals surface area contributed by atoms with Gasteiger partial charge in [0.15, 0.2) is 0 Å². The fourth-order valence-corrected chi connectivity index (χ4v) is 2.97. The Kier molecular flexibility index (Phi) is 6.26. The Morgan fingerprint density at radius 1 is 0.926 bits per heavy atom. The molecule has 3 aromatic carbocycles. The number of benzene rings is 3. The average Bonchev–Trinajstić information content (AvgIpc) is 2.72. The molecule has 3 rings (SSSR count). The van der Waals surface area contributed by atoms with Gasteiger partial charge in [0, 0.05) is 0 Å². The van der Waals surface area contributed by atoms with E-state index in [1.807, 2.05) is 48.5 Å². The van der Waals surface area contributed by atoms with E-state index in [0.29, 0.717) is 17.9 Å². The summed E-state index contributed by atoms with van der Waals surface area (Å²) < 4.78 is 5.92. The van der Waals surface area contributed by atoms with Crippen LogP contribution in [0.1, 0.15) is 46.4 Å². The highest BCUT2D eigenvalue weighted by atomic mass is 16.5. The molecule has 0 radical (unpaired) electrons. The minimum atomic E-state index is -0.119. The van der Waals surface area contributed by atoms with Crippen LogP contribution in [0, 0.1) is 6.92 Å². The highest BCUT2D eigenvalue weighted by Gasteiger charge is 2.17.